The zero-order valence-electron chi connectivity index (χ0n) is 10.4. The lowest BCUT2D eigenvalue weighted by atomic mass is 10.1. The molecule has 1 atom stereocenters. The third kappa shape index (κ3) is 3.84. The first kappa shape index (κ1) is 13.7. The smallest absolute Gasteiger partial charge is 0.159 e. The summed E-state index contributed by atoms with van der Waals surface area (Å²) in [4.78, 5) is 11.2. The van der Waals surface area contributed by atoms with Crippen LogP contribution in [0.15, 0.2) is 18.2 Å². The molecule has 1 aromatic carbocycles. The van der Waals surface area contributed by atoms with Crippen LogP contribution in [-0.2, 0) is 11.2 Å². The Balaban J connectivity index is 2.88. The molecule has 1 unspecified atom stereocenters. The number of ether oxygens (including phenoxy) is 2. The van der Waals surface area contributed by atoms with Crippen molar-refractivity contribution in [1.29, 1.82) is 0 Å². The Kier molecular flexibility index (Phi) is 5.12. The van der Waals surface area contributed by atoms with Gasteiger partial charge in [0.2, 0.25) is 0 Å². The van der Waals surface area contributed by atoms with E-state index in [0.29, 0.717) is 24.3 Å². The normalized spacial score (nSPS) is 12.2. The molecule has 0 aliphatic heterocycles. The highest BCUT2D eigenvalue weighted by atomic mass is 16.6. The molecule has 0 amide bonds. The molecule has 0 aliphatic carbocycles. The molecule has 0 bridgehead atoms. The van der Waals surface area contributed by atoms with E-state index < -0.39 is 6.29 Å². The number of hydrogen-bond acceptors (Lipinski definition) is 4. The minimum atomic E-state index is -0.850. The summed E-state index contributed by atoms with van der Waals surface area (Å²) in [5.41, 5.74) is 1.41. The SMILES string of the molecule is CCOC(O)Cc1ccc(C(C)=O)cc1OC. The van der Waals surface area contributed by atoms with Crippen molar-refractivity contribution >= 4 is 5.78 Å². The number of rotatable bonds is 6. The molecule has 0 aromatic heterocycles. The van der Waals surface area contributed by atoms with Gasteiger partial charge in [-0.15, -0.1) is 0 Å². The van der Waals surface area contributed by atoms with Crippen LogP contribution in [0.25, 0.3) is 0 Å². The summed E-state index contributed by atoms with van der Waals surface area (Å²) >= 11 is 0. The first-order chi connectivity index (χ1) is 8.08. The molecule has 17 heavy (non-hydrogen) atoms. The Morgan fingerprint density at radius 1 is 1.47 bits per heavy atom. The number of methoxy groups -OCH3 is 1. The highest BCUT2D eigenvalue weighted by Crippen LogP contribution is 2.22. The Morgan fingerprint density at radius 2 is 2.18 bits per heavy atom. The van der Waals surface area contributed by atoms with Gasteiger partial charge in [-0.2, -0.15) is 0 Å². The molecule has 0 heterocycles. The van der Waals surface area contributed by atoms with E-state index >= 15 is 0 Å². The summed E-state index contributed by atoms with van der Waals surface area (Å²) in [6.07, 6.45) is -0.507. The molecular weight excluding hydrogens is 220 g/mol. The predicted octanol–water partition coefficient (Wildman–Crippen LogP) is 1.80. The zero-order chi connectivity index (χ0) is 12.8. The molecule has 4 heteroatoms. The van der Waals surface area contributed by atoms with Gasteiger partial charge in [0.1, 0.15) is 5.75 Å². The molecule has 1 aromatic rings. The van der Waals surface area contributed by atoms with Crippen molar-refractivity contribution in [1.82, 2.24) is 0 Å². The average Bonchev–Trinajstić information content (AvgIpc) is 2.29. The quantitative estimate of drug-likeness (QED) is 0.606. The van der Waals surface area contributed by atoms with E-state index in [-0.39, 0.29) is 5.78 Å². The number of Topliss-reactive ketones (excluding diaryl/α,β-unsaturated/α-hetero) is 1. The number of ketones is 1. The van der Waals surface area contributed by atoms with Crippen molar-refractivity contribution in [3.05, 3.63) is 29.3 Å². The second-order valence-corrected chi connectivity index (χ2v) is 3.70. The van der Waals surface area contributed by atoms with Crippen molar-refractivity contribution in [2.75, 3.05) is 13.7 Å². The summed E-state index contributed by atoms with van der Waals surface area (Å²) in [6.45, 7) is 3.78. The fourth-order valence-electron chi connectivity index (χ4n) is 1.57. The van der Waals surface area contributed by atoms with E-state index in [1.165, 1.54) is 14.0 Å². The first-order valence-corrected chi connectivity index (χ1v) is 5.56. The lowest BCUT2D eigenvalue weighted by Gasteiger charge is -2.14. The molecule has 1 rings (SSSR count). The van der Waals surface area contributed by atoms with Crippen LogP contribution in [0.4, 0.5) is 0 Å². The maximum Gasteiger partial charge on any atom is 0.159 e. The maximum atomic E-state index is 11.2. The molecule has 0 aliphatic rings. The molecular formula is C13H18O4. The standard InChI is InChI=1S/C13H18O4/c1-4-17-13(15)8-11-6-5-10(9(2)14)7-12(11)16-3/h5-7,13,15H,4,8H2,1-3H3. The van der Waals surface area contributed by atoms with Gasteiger partial charge in [0.25, 0.3) is 0 Å². The Hall–Kier alpha value is -1.39. The average molecular weight is 238 g/mol. The molecule has 94 valence electrons. The second kappa shape index (κ2) is 6.37. The number of carbonyl (C=O) groups excluding carboxylic acids is 1. The molecule has 4 nitrogen and oxygen atoms in total. The Bertz CT molecular complexity index is 387. The molecule has 0 fully saturated rings. The third-order valence-electron chi connectivity index (χ3n) is 2.45. The van der Waals surface area contributed by atoms with Crippen molar-refractivity contribution in [3.8, 4) is 5.75 Å². The van der Waals surface area contributed by atoms with Crippen LogP contribution in [0.5, 0.6) is 5.75 Å². The fourth-order valence-corrected chi connectivity index (χ4v) is 1.57. The van der Waals surface area contributed by atoms with Crippen LogP contribution in [0.3, 0.4) is 0 Å². The minimum Gasteiger partial charge on any atom is -0.496 e. The second-order valence-electron chi connectivity index (χ2n) is 3.70. The molecule has 0 saturated heterocycles. The van der Waals surface area contributed by atoms with Gasteiger partial charge in [-0.25, -0.2) is 0 Å². The van der Waals surface area contributed by atoms with Crippen LogP contribution in [0, 0.1) is 0 Å². The van der Waals surface area contributed by atoms with Gasteiger partial charge in [0, 0.05) is 18.6 Å². The molecule has 1 N–H and O–H groups in total. The summed E-state index contributed by atoms with van der Waals surface area (Å²) in [5.74, 6) is 0.580. The summed E-state index contributed by atoms with van der Waals surface area (Å²) in [6, 6.07) is 5.17. The zero-order valence-corrected chi connectivity index (χ0v) is 10.4. The molecule has 0 saturated carbocycles. The van der Waals surface area contributed by atoms with Crippen LogP contribution in [0.1, 0.15) is 29.8 Å². The van der Waals surface area contributed by atoms with E-state index in [4.69, 9.17) is 9.47 Å². The monoisotopic (exact) mass is 238 g/mol. The van der Waals surface area contributed by atoms with Gasteiger partial charge in [-0.3, -0.25) is 4.79 Å². The predicted molar refractivity (Wildman–Crippen MR) is 64.3 cm³/mol. The van der Waals surface area contributed by atoms with E-state index in [1.54, 1.807) is 18.2 Å². The van der Waals surface area contributed by atoms with E-state index in [1.807, 2.05) is 6.92 Å². The van der Waals surface area contributed by atoms with Crippen LogP contribution >= 0.6 is 0 Å². The van der Waals surface area contributed by atoms with Gasteiger partial charge < -0.3 is 14.6 Å². The number of aliphatic hydroxyl groups excluding tert-OH is 1. The lowest BCUT2D eigenvalue weighted by molar-refractivity contribution is -0.0929. The van der Waals surface area contributed by atoms with E-state index in [2.05, 4.69) is 0 Å². The van der Waals surface area contributed by atoms with Crippen LogP contribution < -0.4 is 4.74 Å². The van der Waals surface area contributed by atoms with Gasteiger partial charge >= 0.3 is 0 Å². The van der Waals surface area contributed by atoms with Crippen molar-refractivity contribution < 1.29 is 19.4 Å². The molecule has 0 spiro atoms. The van der Waals surface area contributed by atoms with E-state index in [9.17, 15) is 9.90 Å². The summed E-state index contributed by atoms with van der Waals surface area (Å²) < 4.78 is 10.3. The van der Waals surface area contributed by atoms with Crippen molar-refractivity contribution in [3.63, 3.8) is 0 Å². The first-order valence-electron chi connectivity index (χ1n) is 5.56. The minimum absolute atomic E-state index is 0.0137. The number of carbonyl (C=O) groups is 1. The van der Waals surface area contributed by atoms with Crippen LogP contribution in [0.2, 0.25) is 0 Å². The van der Waals surface area contributed by atoms with Gasteiger partial charge in [-0.05, 0) is 25.5 Å². The van der Waals surface area contributed by atoms with Crippen LogP contribution in [-0.4, -0.2) is 30.9 Å². The summed E-state index contributed by atoms with van der Waals surface area (Å²) in [7, 11) is 1.54. The molecule has 0 radical (unpaired) electrons. The summed E-state index contributed by atoms with van der Waals surface area (Å²) in [5, 5.41) is 9.56. The Morgan fingerprint density at radius 3 is 2.71 bits per heavy atom. The highest BCUT2D eigenvalue weighted by molar-refractivity contribution is 5.94. The Labute approximate surface area is 101 Å². The third-order valence-corrected chi connectivity index (χ3v) is 2.45. The van der Waals surface area contributed by atoms with Crippen molar-refractivity contribution in [2.45, 2.75) is 26.6 Å². The van der Waals surface area contributed by atoms with Gasteiger partial charge in [0.05, 0.1) is 7.11 Å². The number of hydrogen-bond donors (Lipinski definition) is 1. The van der Waals surface area contributed by atoms with Gasteiger partial charge in [0.15, 0.2) is 12.1 Å². The number of benzene rings is 1. The lowest BCUT2D eigenvalue weighted by Crippen LogP contribution is -2.15. The fraction of sp³-hybridized carbons (Fsp3) is 0.462. The topological polar surface area (TPSA) is 55.8 Å². The van der Waals surface area contributed by atoms with Crippen molar-refractivity contribution in [2.24, 2.45) is 0 Å². The van der Waals surface area contributed by atoms with E-state index in [0.717, 1.165) is 5.56 Å². The maximum absolute atomic E-state index is 11.2. The number of aliphatic hydroxyl groups is 1. The van der Waals surface area contributed by atoms with Gasteiger partial charge in [-0.1, -0.05) is 12.1 Å². The largest absolute Gasteiger partial charge is 0.496 e. The highest BCUT2D eigenvalue weighted by Gasteiger charge is 2.11.